The fraction of sp³-hybridized carbons (Fsp3) is 0.463. The maximum Gasteiger partial charge on any atom is 0.246 e. The Labute approximate surface area is 434 Å². The summed E-state index contributed by atoms with van der Waals surface area (Å²) in [5.41, 5.74) is 5.74. The van der Waals surface area contributed by atoms with Gasteiger partial charge in [0, 0.05) is 50.4 Å². The van der Waals surface area contributed by atoms with E-state index in [-0.39, 0.29) is 42.1 Å². The lowest BCUT2D eigenvalue weighted by Crippen LogP contribution is -2.55. The first-order valence-electron chi connectivity index (χ1n) is 25.2. The number of hydrogen-bond acceptors (Lipinski definition) is 13. The normalized spacial score (nSPS) is 17.8. The topological polar surface area (TPSA) is 174 Å². The fourth-order valence-electron chi connectivity index (χ4n) is 10.1. The van der Waals surface area contributed by atoms with Crippen LogP contribution in [-0.2, 0) is 23.9 Å². The molecule has 1 saturated carbocycles. The molecule has 3 aliphatic rings. The zero-order chi connectivity index (χ0) is 50.3. The number of nitrogens with one attached hydrogen (secondary N) is 3. The van der Waals surface area contributed by atoms with E-state index in [0.717, 1.165) is 105 Å². The van der Waals surface area contributed by atoms with Gasteiger partial charge in [0.15, 0.2) is 5.82 Å². The molecule has 380 valence electrons. The van der Waals surface area contributed by atoms with Gasteiger partial charge in [0.05, 0.1) is 56.3 Å². The van der Waals surface area contributed by atoms with E-state index in [1.54, 1.807) is 29.7 Å². The van der Waals surface area contributed by atoms with E-state index >= 15 is 0 Å². The maximum absolute atomic E-state index is 14.4. The van der Waals surface area contributed by atoms with E-state index < -0.39 is 12.1 Å². The van der Waals surface area contributed by atoms with Gasteiger partial charge in [-0.15, -0.1) is 32.9 Å². The molecule has 15 nitrogen and oxygen atoms in total. The van der Waals surface area contributed by atoms with Crippen LogP contribution >= 0.6 is 34.3 Å². The highest BCUT2D eigenvalue weighted by atomic mass is 35.5. The van der Waals surface area contributed by atoms with E-state index in [1.807, 2.05) is 65.8 Å². The standard InChI is InChI=1S/C54H64ClN9O6S2/c1-32-34(3)72-54-47(32)48(37-17-19-38(55)20-18-37)58-42(50-62-61-35(4)64(50)54)30-46(65)57-23-25-68-26-27-69-28-29-70-45-22-21-40(39-14-9-10-15-41(39)45)43-31-71-52(59-43)44-16-11-24-63(44)53(67)49(36-12-7-6-8-13-36)60-51(66)33(2)56-5/h9-10,14-15,17-22,31,33,36,42,44,49,56H,6-8,11-13,16,23-30H2,1-5H3,(H,57,65)(H,60,66)/t33-,42-,44-,49?/m0/s1. The van der Waals surface area contributed by atoms with Crippen LogP contribution in [0.4, 0.5) is 0 Å². The molecule has 2 aliphatic heterocycles. The second-order valence-electron chi connectivity index (χ2n) is 18.8. The summed E-state index contributed by atoms with van der Waals surface area (Å²) in [6, 6.07) is 18.2. The molecule has 1 unspecified atom stereocenters. The number of nitrogens with zero attached hydrogens (tertiary/aromatic N) is 6. The van der Waals surface area contributed by atoms with Crippen molar-refractivity contribution in [2.75, 3.05) is 53.2 Å². The number of rotatable bonds is 20. The van der Waals surface area contributed by atoms with Crippen molar-refractivity contribution in [3.05, 3.63) is 109 Å². The SMILES string of the molecule is CN[C@@H](C)C(=O)NC(C(=O)N1CCC[C@H]1c1nc(-c2ccc(OCCOCCOCCNC(=O)C[C@@H]3N=C(c4ccc(Cl)cc4)c4c(sc(C)c4C)-n4c(C)nnc43)c3ccccc23)cs1)C1CCCCC1. The number of aromatic nitrogens is 4. The number of likely N-dealkylation sites (N-methyl/N-ethyl adjacent to an activating group) is 1. The number of carbonyl (C=O) groups is 3. The van der Waals surface area contributed by atoms with Crippen molar-refractivity contribution in [3.63, 3.8) is 0 Å². The number of aliphatic imine (C=N–C) groups is 1. The molecule has 3 aromatic heterocycles. The Morgan fingerprint density at radius 2 is 1.62 bits per heavy atom. The van der Waals surface area contributed by atoms with Gasteiger partial charge in [-0.3, -0.25) is 23.9 Å². The molecule has 4 atom stereocenters. The van der Waals surface area contributed by atoms with Crippen molar-refractivity contribution in [1.29, 1.82) is 0 Å². The number of hydrogen-bond donors (Lipinski definition) is 3. The van der Waals surface area contributed by atoms with Crippen LogP contribution in [0.2, 0.25) is 5.02 Å². The Balaban J connectivity index is 0.741. The van der Waals surface area contributed by atoms with Crippen LogP contribution in [0.5, 0.6) is 5.75 Å². The molecule has 3 amide bonds. The molecule has 2 fully saturated rings. The minimum atomic E-state index is -0.553. The molecule has 9 rings (SSSR count). The summed E-state index contributed by atoms with van der Waals surface area (Å²) < 4.78 is 19.9. The number of thiazole rings is 1. The molecule has 72 heavy (non-hydrogen) atoms. The Bertz CT molecular complexity index is 2910. The molecule has 18 heteroatoms. The van der Waals surface area contributed by atoms with Crippen molar-refractivity contribution < 1.29 is 28.6 Å². The molecule has 1 aliphatic carbocycles. The van der Waals surface area contributed by atoms with Gasteiger partial charge in [-0.25, -0.2) is 4.98 Å². The fourth-order valence-corrected chi connectivity index (χ4v) is 12.4. The second-order valence-corrected chi connectivity index (χ2v) is 21.4. The Hall–Kier alpha value is -5.56. The van der Waals surface area contributed by atoms with Gasteiger partial charge in [0.1, 0.15) is 40.3 Å². The summed E-state index contributed by atoms with van der Waals surface area (Å²) in [5, 5.41) is 24.7. The number of amides is 3. The van der Waals surface area contributed by atoms with Crippen molar-refractivity contribution >= 4 is 68.5 Å². The first-order chi connectivity index (χ1) is 35.0. The summed E-state index contributed by atoms with van der Waals surface area (Å²) in [6.07, 6.45) is 7.05. The first kappa shape index (κ1) is 51.3. The summed E-state index contributed by atoms with van der Waals surface area (Å²) in [4.78, 5) is 54.3. The first-order valence-corrected chi connectivity index (χ1v) is 27.2. The maximum atomic E-state index is 14.4. The predicted molar refractivity (Wildman–Crippen MR) is 284 cm³/mol. The summed E-state index contributed by atoms with van der Waals surface area (Å²) in [5.74, 6) is 1.97. The molecule has 1 saturated heterocycles. The monoisotopic (exact) mass is 1030 g/mol. The number of thiophene rings is 1. The molecule has 3 aromatic carbocycles. The molecular weight excluding hydrogens is 970 g/mol. The average molecular weight is 1030 g/mol. The van der Waals surface area contributed by atoms with Crippen molar-refractivity contribution in [1.82, 2.24) is 40.6 Å². The second kappa shape index (κ2) is 23.5. The number of benzene rings is 3. The highest BCUT2D eigenvalue weighted by molar-refractivity contribution is 7.15. The van der Waals surface area contributed by atoms with Crippen molar-refractivity contribution in [3.8, 4) is 22.0 Å². The van der Waals surface area contributed by atoms with E-state index in [0.29, 0.717) is 57.0 Å². The van der Waals surface area contributed by atoms with Gasteiger partial charge in [-0.1, -0.05) is 67.3 Å². The smallest absolute Gasteiger partial charge is 0.246 e. The van der Waals surface area contributed by atoms with Crippen molar-refractivity contribution in [2.45, 2.75) is 103 Å². The van der Waals surface area contributed by atoms with Crippen LogP contribution in [-0.4, -0.2) is 113 Å². The number of likely N-dealkylation sites (tertiary alicyclic amines) is 1. The van der Waals surface area contributed by atoms with Gasteiger partial charge in [0.2, 0.25) is 17.7 Å². The van der Waals surface area contributed by atoms with Crippen LogP contribution in [0.3, 0.4) is 0 Å². The number of halogens is 1. The van der Waals surface area contributed by atoms with Crippen LogP contribution in [0.1, 0.15) is 109 Å². The third-order valence-corrected chi connectivity index (χ3v) is 16.6. The lowest BCUT2D eigenvalue weighted by atomic mass is 9.83. The van der Waals surface area contributed by atoms with Crippen LogP contribution < -0.4 is 20.7 Å². The van der Waals surface area contributed by atoms with E-state index in [9.17, 15) is 14.4 Å². The number of aryl methyl sites for hydroxylation is 2. The zero-order valence-electron chi connectivity index (χ0n) is 41.7. The van der Waals surface area contributed by atoms with Gasteiger partial charge in [0.25, 0.3) is 0 Å². The van der Waals surface area contributed by atoms with Crippen LogP contribution in [0.15, 0.2) is 71.0 Å². The third kappa shape index (κ3) is 11.3. The van der Waals surface area contributed by atoms with Gasteiger partial charge in [-0.05, 0) is 102 Å². The lowest BCUT2D eigenvalue weighted by Gasteiger charge is -2.35. The zero-order valence-corrected chi connectivity index (χ0v) is 44.1. The molecule has 3 N–H and O–H groups in total. The highest BCUT2D eigenvalue weighted by Crippen LogP contribution is 2.42. The Kier molecular flexibility index (Phi) is 16.8. The summed E-state index contributed by atoms with van der Waals surface area (Å²) >= 11 is 9.52. The quantitative estimate of drug-likeness (QED) is 0.0627. The van der Waals surface area contributed by atoms with E-state index in [1.165, 1.54) is 11.3 Å². The van der Waals surface area contributed by atoms with E-state index in [2.05, 4.69) is 63.6 Å². The average Bonchev–Trinajstić information content (AvgIpc) is 4.21. The summed E-state index contributed by atoms with van der Waals surface area (Å²) in [6.45, 7) is 10.7. The van der Waals surface area contributed by atoms with E-state index in [4.69, 9.17) is 35.8 Å². The third-order valence-electron chi connectivity index (χ3n) is 14.2. The highest BCUT2D eigenvalue weighted by Gasteiger charge is 2.40. The molecule has 0 bridgehead atoms. The van der Waals surface area contributed by atoms with Gasteiger partial charge in [-0.2, -0.15) is 0 Å². The largest absolute Gasteiger partial charge is 0.491 e. The molecule has 0 radical (unpaired) electrons. The summed E-state index contributed by atoms with van der Waals surface area (Å²) in [7, 11) is 1.76. The molecule has 5 heterocycles. The molecule has 0 spiro atoms. The van der Waals surface area contributed by atoms with Gasteiger partial charge >= 0.3 is 0 Å². The molecule has 6 aromatic rings. The Morgan fingerprint density at radius 1 is 0.875 bits per heavy atom. The minimum Gasteiger partial charge on any atom is -0.491 e. The number of carbonyl (C=O) groups excluding carboxylic acids is 3. The van der Waals surface area contributed by atoms with Crippen LogP contribution in [0.25, 0.3) is 27.0 Å². The predicted octanol–water partition coefficient (Wildman–Crippen LogP) is 9.03. The molecular formula is C54H64ClN9O6S2. The number of fused-ring (bicyclic) bond motifs is 4. The minimum absolute atomic E-state index is 0.0102. The van der Waals surface area contributed by atoms with Crippen molar-refractivity contribution in [2.24, 2.45) is 10.9 Å². The Morgan fingerprint density at radius 3 is 2.40 bits per heavy atom. The lowest BCUT2D eigenvalue weighted by molar-refractivity contribution is -0.139. The van der Waals surface area contributed by atoms with Crippen LogP contribution in [0, 0.1) is 26.7 Å². The van der Waals surface area contributed by atoms with Gasteiger partial charge < -0.3 is 35.1 Å². The number of ether oxygens (including phenoxy) is 3.